The summed E-state index contributed by atoms with van der Waals surface area (Å²) in [5.74, 6) is 0.319. The molecule has 8 heteroatoms. The molecule has 2 aromatic heterocycles. The van der Waals surface area contributed by atoms with Gasteiger partial charge in [0.2, 0.25) is 5.78 Å². The number of nitrogens with zero attached hydrogens (tertiary/aromatic N) is 4. The molecule has 5 nitrogen and oxygen atoms in total. The average molecular weight is 451 g/mol. The number of hydrogen-bond donors (Lipinski definition) is 0. The largest absolute Gasteiger partial charge is 0.268 e. The van der Waals surface area contributed by atoms with Crippen LogP contribution < -0.4 is 5.56 Å². The van der Waals surface area contributed by atoms with E-state index < -0.39 is 0 Å². The van der Waals surface area contributed by atoms with Crippen molar-refractivity contribution in [1.82, 2.24) is 19.2 Å². The highest BCUT2D eigenvalue weighted by Crippen LogP contribution is 2.29. The zero-order valence-corrected chi connectivity index (χ0v) is 18.0. The molecule has 0 fully saturated rings. The van der Waals surface area contributed by atoms with Crippen molar-refractivity contribution in [2.45, 2.75) is 17.8 Å². The maximum absolute atomic E-state index is 14.2. The number of hydrogen-bond acceptors (Lipinski definition) is 4. The number of aryl methyl sites for hydroxylation is 1. The summed E-state index contributed by atoms with van der Waals surface area (Å²) in [6.07, 6.45) is 0. The van der Waals surface area contributed by atoms with E-state index in [1.165, 1.54) is 17.8 Å². The topological polar surface area (TPSA) is 52.2 Å². The molecule has 0 spiro atoms. The lowest BCUT2D eigenvalue weighted by Crippen LogP contribution is -2.22. The highest BCUT2D eigenvalue weighted by molar-refractivity contribution is 7.98. The van der Waals surface area contributed by atoms with E-state index in [1.54, 1.807) is 22.8 Å². The molecule has 154 valence electrons. The molecule has 0 radical (unpaired) electrons. The second-order valence-corrected chi connectivity index (χ2v) is 8.40. The van der Waals surface area contributed by atoms with Gasteiger partial charge in [0.05, 0.1) is 16.6 Å². The highest BCUT2D eigenvalue weighted by Gasteiger charge is 2.19. The molecule has 0 aliphatic heterocycles. The van der Waals surface area contributed by atoms with E-state index in [2.05, 4.69) is 10.2 Å². The van der Waals surface area contributed by atoms with Gasteiger partial charge in [-0.05, 0) is 42.8 Å². The molecule has 5 rings (SSSR count). The van der Waals surface area contributed by atoms with Crippen LogP contribution in [-0.2, 0) is 5.75 Å². The molecule has 0 unspecified atom stereocenters. The first kappa shape index (κ1) is 19.8. The van der Waals surface area contributed by atoms with Crippen molar-refractivity contribution in [2.24, 2.45) is 0 Å². The van der Waals surface area contributed by atoms with Gasteiger partial charge in [-0.2, -0.15) is 0 Å². The van der Waals surface area contributed by atoms with Gasteiger partial charge in [0.1, 0.15) is 5.82 Å². The van der Waals surface area contributed by atoms with Gasteiger partial charge in [0.25, 0.3) is 5.56 Å². The minimum Gasteiger partial charge on any atom is -0.268 e. The van der Waals surface area contributed by atoms with Crippen LogP contribution in [0.4, 0.5) is 4.39 Å². The Balaban J connectivity index is 1.74. The van der Waals surface area contributed by atoms with Crippen LogP contribution in [0.5, 0.6) is 0 Å². The second kappa shape index (κ2) is 7.83. The molecule has 0 bridgehead atoms. The SMILES string of the molecule is Cc1ccccc1-n1c(=O)c2ccccc2n2c(SCc3c(F)cccc3Cl)nnc12. The Hall–Kier alpha value is -3.16. The Morgan fingerprint density at radius 3 is 2.58 bits per heavy atom. The molecular weight excluding hydrogens is 435 g/mol. The summed E-state index contributed by atoms with van der Waals surface area (Å²) in [5, 5.41) is 10.1. The lowest BCUT2D eigenvalue weighted by molar-refractivity contribution is 0.617. The Kier molecular flexibility index (Phi) is 5.00. The summed E-state index contributed by atoms with van der Waals surface area (Å²) in [6.45, 7) is 1.94. The minimum absolute atomic E-state index is 0.168. The monoisotopic (exact) mass is 450 g/mol. The lowest BCUT2D eigenvalue weighted by atomic mass is 10.2. The normalized spacial score (nSPS) is 11.5. The van der Waals surface area contributed by atoms with Crippen molar-refractivity contribution >= 4 is 40.0 Å². The van der Waals surface area contributed by atoms with Crippen LogP contribution in [0.3, 0.4) is 0 Å². The number of thioether (sulfide) groups is 1. The van der Waals surface area contributed by atoms with Gasteiger partial charge in [-0.1, -0.05) is 59.8 Å². The third-order valence-corrected chi connectivity index (χ3v) is 6.47. The maximum atomic E-state index is 14.2. The molecule has 5 aromatic rings. The van der Waals surface area contributed by atoms with Gasteiger partial charge in [-0.25, -0.2) is 8.96 Å². The van der Waals surface area contributed by atoms with E-state index in [-0.39, 0.29) is 17.1 Å². The zero-order chi connectivity index (χ0) is 21.5. The van der Waals surface area contributed by atoms with Crippen molar-refractivity contribution in [3.8, 4) is 5.69 Å². The molecule has 3 aromatic carbocycles. The van der Waals surface area contributed by atoms with Crippen LogP contribution in [0.25, 0.3) is 22.4 Å². The number of rotatable bonds is 4. The zero-order valence-electron chi connectivity index (χ0n) is 16.4. The Morgan fingerprint density at radius 1 is 1.00 bits per heavy atom. The van der Waals surface area contributed by atoms with Crippen LogP contribution >= 0.6 is 23.4 Å². The van der Waals surface area contributed by atoms with Crippen molar-refractivity contribution < 1.29 is 4.39 Å². The lowest BCUT2D eigenvalue weighted by Gasteiger charge is -2.13. The molecule has 2 heterocycles. The van der Waals surface area contributed by atoms with Gasteiger partial charge in [0, 0.05) is 16.3 Å². The molecular formula is C23H16ClFN4OS. The summed E-state index contributed by atoms with van der Waals surface area (Å²) >= 11 is 7.50. The molecule has 0 amide bonds. The summed E-state index contributed by atoms with van der Waals surface area (Å²) < 4.78 is 17.7. The number of halogens is 2. The first-order chi connectivity index (χ1) is 15.1. The Labute approximate surface area is 186 Å². The fraction of sp³-hybridized carbons (Fsp3) is 0.0870. The van der Waals surface area contributed by atoms with E-state index in [1.807, 2.05) is 53.8 Å². The number of para-hydroxylation sites is 2. The van der Waals surface area contributed by atoms with Crippen molar-refractivity contribution in [2.75, 3.05) is 0 Å². The van der Waals surface area contributed by atoms with Gasteiger partial charge in [-0.3, -0.25) is 9.20 Å². The molecule has 0 saturated heterocycles. The van der Waals surface area contributed by atoms with Crippen LogP contribution in [0.1, 0.15) is 11.1 Å². The van der Waals surface area contributed by atoms with Gasteiger partial charge < -0.3 is 0 Å². The first-order valence-electron chi connectivity index (χ1n) is 9.57. The summed E-state index contributed by atoms with van der Waals surface area (Å²) in [4.78, 5) is 13.4. The van der Waals surface area contributed by atoms with Crippen molar-refractivity contribution in [1.29, 1.82) is 0 Å². The van der Waals surface area contributed by atoms with Crippen LogP contribution in [0, 0.1) is 12.7 Å². The first-order valence-corrected chi connectivity index (χ1v) is 10.9. The number of benzene rings is 3. The van der Waals surface area contributed by atoms with Gasteiger partial charge in [-0.15, -0.1) is 10.2 Å². The van der Waals surface area contributed by atoms with Gasteiger partial charge >= 0.3 is 0 Å². The van der Waals surface area contributed by atoms with E-state index in [4.69, 9.17) is 11.6 Å². The fourth-order valence-corrected chi connectivity index (χ4v) is 4.89. The minimum atomic E-state index is -0.365. The Morgan fingerprint density at radius 2 is 1.77 bits per heavy atom. The quantitative estimate of drug-likeness (QED) is 0.343. The molecule has 0 aliphatic carbocycles. The summed E-state index contributed by atoms with van der Waals surface area (Å²) in [7, 11) is 0. The smallest absolute Gasteiger partial charge is 0.267 e. The molecule has 0 atom stereocenters. The average Bonchev–Trinajstić information content (AvgIpc) is 3.18. The molecule has 0 N–H and O–H groups in total. The van der Waals surface area contributed by atoms with Crippen LogP contribution in [-0.4, -0.2) is 19.2 Å². The third-order valence-electron chi connectivity index (χ3n) is 5.16. The van der Waals surface area contributed by atoms with Crippen molar-refractivity contribution in [3.63, 3.8) is 0 Å². The van der Waals surface area contributed by atoms with E-state index in [0.29, 0.717) is 32.4 Å². The molecule has 0 saturated carbocycles. The molecule has 0 aliphatic rings. The van der Waals surface area contributed by atoms with E-state index >= 15 is 0 Å². The van der Waals surface area contributed by atoms with Crippen molar-refractivity contribution in [3.05, 3.63) is 99.1 Å². The number of fused-ring (bicyclic) bond motifs is 3. The van der Waals surface area contributed by atoms with Crippen LogP contribution in [0.2, 0.25) is 5.02 Å². The summed E-state index contributed by atoms with van der Waals surface area (Å²) in [6, 6.07) is 19.6. The standard InChI is InChI=1S/C23H16ClFN4OS/c1-14-7-2-4-11-19(14)28-21(30)15-8-3-5-12-20(15)29-22(28)26-27-23(29)31-13-16-17(24)9-6-10-18(16)25/h2-12H,13H2,1H3. The fourth-order valence-electron chi connectivity index (χ4n) is 3.61. The molecule has 31 heavy (non-hydrogen) atoms. The van der Waals surface area contributed by atoms with E-state index in [0.717, 1.165) is 11.3 Å². The third kappa shape index (κ3) is 3.30. The Bertz CT molecular complexity index is 1490. The van der Waals surface area contributed by atoms with Gasteiger partial charge in [0.15, 0.2) is 5.16 Å². The highest BCUT2D eigenvalue weighted by atomic mass is 35.5. The van der Waals surface area contributed by atoms with E-state index in [9.17, 15) is 9.18 Å². The summed E-state index contributed by atoms with van der Waals surface area (Å²) in [5.41, 5.74) is 2.61. The predicted octanol–water partition coefficient (Wildman–Crippen LogP) is 5.43. The predicted molar refractivity (Wildman–Crippen MR) is 122 cm³/mol. The number of aromatic nitrogens is 4. The maximum Gasteiger partial charge on any atom is 0.267 e. The second-order valence-electron chi connectivity index (χ2n) is 7.05. The van der Waals surface area contributed by atoms with Crippen LogP contribution in [0.15, 0.2) is 76.7 Å².